The number of hydrogen-bond donors (Lipinski definition) is 2. The zero-order chi connectivity index (χ0) is 20.2. The van der Waals surface area contributed by atoms with E-state index in [4.69, 9.17) is 22.3 Å². The van der Waals surface area contributed by atoms with E-state index in [2.05, 4.69) is 29.6 Å². The summed E-state index contributed by atoms with van der Waals surface area (Å²) in [4.78, 5) is 13.7. The van der Waals surface area contributed by atoms with Crippen molar-refractivity contribution < 1.29 is 37.3 Å². The summed E-state index contributed by atoms with van der Waals surface area (Å²) in [5.41, 5.74) is 4.11. The first-order valence-electron chi connectivity index (χ1n) is 9.55. The van der Waals surface area contributed by atoms with Crippen molar-refractivity contribution in [1.29, 1.82) is 0 Å². The molecule has 8 nitrogen and oxygen atoms in total. The van der Waals surface area contributed by atoms with Crippen LogP contribution in [0.15, 0.2) is 30.3 Å². The van der Waals surface area contributed by atoms with Gasteiger partial charge in [0.25, 0.3) is 0 Å². The van der Waals surface area contributed by atoms with Crippen LogP contribution in [0.25, 0.3) is 5.70 Å². The zero-order valence-electron chi connectivity index (χ0n) is 15.7. The highest BCUT2D eigenvalue weighted by atomic mass is 32.3. The van der Waals surface area contributed by atoms with Crippen LogP contribution >= 0.6 is 0 Å². The molecule has 1 amide bonds. The second kappa shape index (κ2) is 8.81. The van der Waals surface area contributed by atoms with Crippen LogP contribution in [0.2, 0.25) is 0 Å². The van der Waals surface area contributed by atoms with Gasteiger partial charge < -0.3 is 19.2 Å². The summed E-state index contributed by atoms with van der Waals surface area (Å²) in [5.74, 6) is 0.212. The molecule has 4 rings (SSSR count). The molecular formula is C19H26N2O6S. The van der Waals surface area contributed by atoms with E-state index in [1.807, 2.05) is 6.08 Å². The first-order chi connectivity index (χ1) is 13.3. The fraction of sp³-hybridized carbons (Fsp3) is 0.526. The number of quaternary nitrogens is 2. The first kappa shape index (κ1) is 21.1. The lowest BCUT2D eigenvalue weighted by atomic mass is 9.82. The van der Waals surface area contributed by atoms with E-state index in [0.29, 0.717) is 18.8 Å². The molecule has 1 saturated carbocycles. The number of ether oxygens (including phenoxy) is 1. The molecule has 154 valence electrons. The van der Waals surface area contributed by atoms with E-state index in [1.165, 1.54) is 36.8 Å². The average molecular weight is 410 g/mol. The van der Waals surface area contributed by atoms with Crippen molar-refractivity contribution in [2.45, 2.75) is 37.6 Å². The summed E-state index contributed by atoms with van der Waals surface area (Å²) in [7, 11) is -5.17. The van der Waals surface area contributed by atoms with E-state index >= 15 is 0 Å². The summed E-state index contributed by atoms with van der Waals surface area (Å²) in [5, 5.41) is 2.42. The number of nitrogens with one attached hydrogen (secondary N) is 1. The highest BCUT2D eigenvalue weighted by molar-refractivity contribution is 7.79. The summed E-state index contributed by atoms with van der Waals surface area (Å²) in [6, 6.07) is 8.61. The van der Waals surface area contributed by atoms with Crippen LogP contribution in [0.1, 0.15) is 36.8 Å². The van der Waals surface area contributed by atoms with Crippen molar-refractivity contribution in [3.63, 3.8) is 0 Å². The Balaban J connectivity index is 0.000000403. The normalized spacial score (nSPS) is 23.1. The topological polar surface area (TPSA) is 128 Å². The van der Waals surface area contributed by atoms with Crippen LogP contribution in [0.5, 0.6) is 0 Å². The summed E-state index contributed by atoms with van der Waals surface area (Å²) >= 11 is 0. The van der Waals surface area contributed by atoms with Crippen molar-refractivity contribution in [2.75, 3.05) is 26.3 Å². The van der Waals surface area contributed by atoms with E-state index in [9.17, 15) is 4.79 Å². The lowest BCUT2D eigenvalue weighted by Gasteiger charge is -2.33. The van der Waals surface area contributed by atoms with Crippen molar-refractivity contribution >= 4 is 22.0 Å². The third kappa shape index (κ3) is 5.69. The smallest absolute Gasteiger partial charge is 0.343 e. The Morgan fingerprint density at radius 1 is 1.14 bits per heavy atom. The standard InChI is InChI=1S/C19H24N2O2.H2O4S/c22-18(21-9-11-23-12-10-21)13-17-16-6-2-1-5-15(16)14-19(20-17)7-3-4-8-19;1-5(2,3)4/h1-2,5-6,13,20H,3-4,7-12,14H2;(H2,1,2,3,4)/b17-13-;. The Labute approximate surface area is 165 Å². The summed E-state index contributed by atoms with van der Waals surface area (Å²) in [6.07, 6.45) is 8.19. The van der Waals surface area contributed by atoms with Crippen molar-refractivity contribution in [2.24, 2.45) is 0 Å². The zero-order valence-corrected chi connectivity index (χ0v) is 16.5. The van der Waals surface area contributed by atoms with Crippen molar-refractivity contribution in [1.82, 2.24) is 0 Å². The molecular weight excluding hydrogens is 384 g/mol. The second-order valence-corrected chi connectivity index (χ2v) is 8.45. The molecule has 1 spiro atoms. The number of hydrogen-bond acceptors (Lipinski definition) is 6. The van der Waals surface area contributed by atoms with Gasteiger partial charge in [-0.25, -0.2) is 4.79 Å². The van der Waals surface area contributed by atoms with E-state index < -0.39 is 10.4 Å². The molecule has 2 heterocycles. The maximum absolute atomic E-state index is 12.7. The molecule has 0 bridgehead atoms. The quantitative estimate of drug-likeness (QED) is 0.332. The molecule has 1 aliphatic carbocycles. The van der Waals surface area contributed by atoms with Crippen LogP contribution in [0.4, 0.5) is 0 Å². The Morgan fingerprint density at radius 2 is 1.75 bits per heavy atom. The van der Waals surface area contributed by atoms with E-state index in [0.717, 1.165) is 30.1 Å². The average Bonchev–Trinajstić information content (AvgIpc) is 3.08. The minimum atomic E-state index is -5.17. The van der Waals surface area contributed by atoms with Crippen LogP contribution in [0, 0.1) is 0 Å². The fourth-order valence-electron chi connectivity index (χ4n) is 4.42. The number of carbonyl (C=O) groups excluding carboxylic acids is 1. The predicted octanol–water partition coefficient (Wildman–Crippen LogP) is -1.44. The van der Waals surface area contributed by atoms with Crippen LogP contribution in [-0.4, -0.2) is 55.3 Å². The molecule has 2 aliphatic heterocycles. The number of carbonyl (C=O) groups is 1. The van der Waals surface area contributed by atoms with E-state index in [1.54, 1.807) is 0 Å². The molecule has 0 aromatic heterocycles. The van der Waals surface area contributed by atoms with Gasteiger partial charge in [0.05, 0.1) is 13.2 Å². The lowest BCUT2D eigenvalue weighted by molar-refractivity contribution is -0.827. The molecule has 3 aliphatic rings. The van der Waals surface area contributed by atoms with Crippen LogP contribution in [0.3, 0.4) is 0 Å². The van der Waals surface area contributed by atoms with Gasteiger partial charge in [-0.05, 0) is 24.5 Å². The number of morpholine rings is 1. The fourth-order valence-corrected chi connectivity index (χ4v) is 4.42. The maximum atomic E-state index is 12.7. The Bertz CT molecular complexity index is 832. The number of fused-ring (bicyclic) bond motifs is 1. The molecule has 1 saturated heterocycles. The highest BCUT2D eigenvalue weighted by Crippen LogP contribution is 2.34. The Hall–Kier alpha value is -1.62. The van der Waals surface area contributed by atoms with Gasteiger partial charge in [0.1, 0.15) is 30.4 Å². The van der Waals surface area contributed by atoms with Crippen LogP contribution in [-0.2, 0) is 26.4 Å². The Kier molecular flexibility index (Phi) is 6.64. The van der Waals surface area contributed by atoms with Gasteiger partial charge in [-0.15, -0.1) is 0 Å². The van der Waals surface area contributed by atoms with Crippen molar-refractivity contribution in [3.8, 4) is 0 Å². The van der Waals surface area contributed by atoms with Gasteiger partial charge in [0.15, 0.2) is 0 Å². The lowest BCUT2D eigenvalue weighted by Crippen LogP contribution is -3.16. The molecule has 28 heavy (non-hydrogen) atoms. The van der Waals surface area contributed by atoms with E-state index in [-0.39, 0.29) is 5.91 Å². The van der Waals surface area contributed by atoms with Gasteiger partial charge in [-0.1, -0.05) is 18.2 Å². The molecule has 1 aromatic carbocycles. The molecule has 3 N–H and O–H groups in total. The number of amides is 1. The largest absolute Gasteiger partial charge is 0.759 e. The summed E-state index contributed by atoms with van der Waals surface area (Å²) in [6.45, 7) is 2.95. The minimum Gasteiger partial charge on any atom is -0.759 e. The van der Waals surface area contributed by atoms with Gasteiger partial charge in [-0.3, -0.25) is 13.3 Å². The Morgan fingerprint density at radius 3 is 2.39 bits per heavy atom. The number of rotatable bonds is 1. The summed E-state index contributed by atoms with van der Waals surface area (Å²) < 4.78 is 39.5. The molecule has 0 atom stereocenters. The molecule has 0 unspecified atom stereocenters. The second-order valence-electron chi connectivity index (χ2n) is 7.64. The SMILES string of the molecule is O=C(/C=C1\[NH2+]C2(CCCC2)Cc2ccccc21)[NH+]1CCOCC1.O=S(=O)([O-])[O-]. The third-order valence-corrected chi connectivity index (χ3v) is 5.66. The molecule has 0 radical (unpaired) electrons. The van der Waals surface area contributed by atoms with Gasteiger partial charge >= 0.3 is 5.91 Å². The van der Waals surface area contributed by atoms with Gasteiger partial charge in [0, 0.05) is 35.2 Å². The molecule has 9 heteroatoms. The van der Waals surface area contributed by atoms with Crippen molar-refractivity contribution in [3.05, 3.63) is 41.5 Å². The van der Waals surface area contributed by atoms with Gasteiger partial charge in [-0.2, -0.15) is 0 Å². The maximum Gasteiger partial charge on any atom is 0.343 e. The third-order valence-electron chi connectivity index (χ3n) is 5.66. The number of nitrogens with two attached hydrogens (primary N) is 1. The first-order valence-corrected chi connectivity index (χ1v) is 10.9. The molecule has 2 fully saturated rings. The van der Waals surface area contributed by atoms with Gasteiger partial charge in [0.2, 0.25) is 0 Å². The predicted molar refractivity (Wildman–Crippen MR) is 98.2 cm³/mol. The monoisotopic (exact) mass is 410 g/mol. The van der Waals surface area contributed by atoms with Crippen LogP contribution < -0.4 is 10.2 Å². The molecule has 1 aromatic rings. The minimum absolute atomic E-state index is 0.212. The highest BCUT2D eigenvalue weighted by Gasteiger charge is 2.43. The number of benzene rings is 1.